The summed E-state index contributed by atoms with van der Waals surface area (Å²) in [5.74, 6) is 0.920. The number of ether oxygens (including phenoxy) is 2. The number of hydrogen-bond acceptors (Lipinski definition) is 4. The van der Waals surface area contributed by atoms with Crippen LogP contribution < -0.4 is 9.64 Å². The van der Waals surface area contributed by atoms with E-state index in [0.29, 0.717) is 6.54 Å². The minimum atomic E-state index is -0.459. The van der Waals surface area contributed by atoms with Crippen molar-refractivity contribution in [1.29, 1.82) is 0 Å². The molecule has 1 fully saturated rings. The lowest BCUT2D eigenvalue weighted by molar-refractivity contribution is 0.0263. The second kappa shape index (κ2) is 7.77. The molecule has 146 valence electrons. The maximum atomic E-state index is 12.3. The van der Waals surface area contributed by atoms with Crippen molar-refractivity contribution >= 4 is 11.8 Å². The first-order valence-electron chi connectivity index (χ1n) is 9.42. The molecule has 26 heavy (non-hydrogen) atoms. The van der Waals surface area contributed by atoms with Crippen LogP contribution in [0.25, 0.3) is 0 Å². The van der Waals surface area contributed by atoms with Gasteiger partial charge in [-0.25, -0.2) is 4.79 Å². The molecular weight excluding hydrogens is 328 g/mol. The summed E-state index contributed by atoms with van der Waals surface area (Å²) in [6.45, 7) is 15.4. The zero-order chi connectivity index (χ0) is 19.5. The van der Waals surface area contributed by atoms with Crippen LogP contribution in [0, 0.1) is 0 Å². The van der Waals surface area contributed by atoms with Gasteiger partial charge in [-0.1, -0.05) is 26.8 Å². The van der Waals surface area contributed by atoms with E-state index in [1.54, 1.807) is 7.11 Å². The van der Waals surface area contributed by atoms with Gasteiger partial charge in [0.2, 0.25) is 0 Å². The van der Waals surface area contributed by atoms with E-state index in [9.17, 15) is 4.79 Å². The summed E-state index contributed by atoms with van der Waals surface area (Å²) in [5, 5.41) is 0. The lowest BCUT2D eigenvalue weighted by atomic mass is 9.86. The number of hydrogen-bond donors (Lipinski definition) is 0. The SMILES string of the molecule is COc1cc(N2CCCN(C(=O)OC(C)(C)C)CC2)ccc1C(C)(C)C. The molecule has 1 aliphatic heterocycles. The van der Waals surface area contributed by atoms with Gasteiger partial charge in [0.15, 0.2) is 0 Å². The summed E-state index contributed by atoms with van der Waals surface area (Å²) in [6, 6.07) is 6.43. The van der Waals surface area contributed by atoms with Crippen LogP contribution in [0.1, 0.15) is 53.5 Å². The second-order valence-electron chi connectivity index (χ2n) is 8.94. The summed E-state index contributed by atoms with van der Waals surface area (Å²) in [6.07, 6.45) is 0.697. The van der Waals surface area contributed by atoms with Gasteiger partial charge in [0.25, 0.3) is 0 Å². The first-order valence-corrected chi connectivity index (χ1v) is 9.42. The third-order valence-corrected chi connectivity index (χ3v) is 4.51. The fraction of sp³-hybridized carbons (Fsp3) is 0.667. The molecule has 1 aromatic carbocycles. The monoisotopic (exact) mass is 362 g/mol. The maximum absolute atomic E-state index is 12.3. The average molecular weight is 363 g/mol. The van der Waals surface area contributed by atoms with E-state index in [0.717, 1.165) is 37.5 Å². The van der Waals surface area contributed by atoms with E-state index < -0.39 is 5.60 Å². The Morgan fingerprint density at radius 2 is 1.69 bits per heavy atom. The summed E-state index contributed by atoms with van der Waals surface area (Å²) in [4.78, 5) is 16.5. The highest BCUT2D eigenvalue weighted by atomic mass is 16.6. The van der Waals surface area contributed by atoms with E-state index in [-0.39, 0.29) is 11.5 Å². The van der Waals surface area contributed by atoms with E-state index >= 15 is 0 Å². The predicted molar refractivity (Wildman–Crippen MR) is 106 cm³/mol. The molecule has 0 saturated carbocycles. The zero-order valence-electron chi connectivity index (χ0n) is 17.4. The Kier molecular flexibility index (Phi) is 6.09. The molecule has 0 atom stereocenters. The molecular formula is C21H34N2O3. The molecule has 2 rings (SSSR count). The van der Waals surface area contributed by atoms with Crippen LogP contribution in [0.15, 0.2) is 18.2 Å². The maximum Gasteiger partial charge on any atom is 0.410 e. The number of methoxy groups -OCH3 is 1. The number of anilines is 1. The summed E-state index contributed by atoms with van der Waals surface area (Å²) < 4.78 is 11.1. The Morgan fingerprint density at radius 3 is 2.27 bits per heavy atom. The van der Waals surface area contributed by atoms with Crippen molar-refractivity contribution in [3.05, 3.63) is 23.8 Å². The smallest absolute Gasteiger partial charge is 0.410 e. The molecule has 0 aromatic heterocycles. The van der Waals surface area contributed by atoms with Crippen molar-refractivity contribution in [2.45, 2.75) is 59.0 Å². The fourth-order valence-electron chi connectivity index (χ4n) is 3.18. The molecule has 5 nitrogen and oxygen atoms in total. The summed E-state index contributed by atoms with van der Waals surface area (Å²) in [5.41, 5.74) is 1.92. The van der Waals surface area contributed by atoms with E-state index in [2.05, 4.69) is 43.9 Å². The third-order valence-electron chi connectivity index (χ3n) is 4.51. The minimum absolute atomic E-state index is 0.0379. The molecule has 1 saturated heterocycles. The van der Waals surface area contributed by atoms with Gasteiger partial charge in [-0.3, -0.25) is 0 Å². The molecule has 5 heteroatoms. The summed E-state index contributed by atoms with van der Waals surface area (Å²) >= 11 is 0. The van der Waals surface area contributed by atoms with Gasteiger partial charge in [-0.15, -0.1) is 0 Å². The molecule has 0 N–H and O–H groups in total. The van der Waals surface area contributed by atoms with Crippen LogP contribution >= 0.6 is 0 Å². The lowest BCUT2D eigenvalue weighted by Gasteiger charge is -2.28. The Bertz CT molecular complexity index is 629. The van der Waals surface area contributed by atoms with Gasteiger partial charge >= 0.3 is 6.09 Å². The van der Waals surface area contributed by atoms with Crippen molar-refractivity contribution in [1.82, 2.24) is 4.90 Å². The largest absolute Gasteiger partial charge is 0.496 e. The molecule has 1 amide bonds. The molecule has 0 spiro atoms. The minimum Gasteiger partial charge on any atom is -0.496 e. The number of amides is 1. The van der Waals surface area contributed by atoms with Crippen LogP contribution in [-0.2, 0) is 10.2 Å². The topological polar surface area (TPSA) is 42.0 Å². The highest BCUT2D eigenvalue weighted by Crippen LogP contribution is 2.34. The van der Waals surface area contributed by atoms with Crippen LogP contribution in [0.4, 0.5) is 10.5 Å². The normalized spacial score (nSPS) is 16.3. The third kappa shape index (κ3) is 5.29. The van der Waals surface area contributed by atoms with Gasteiger partial charge in [-0.05, 0) is 44.2 Å². The highest BCUT2D eigenvalue weighted by molar-refractivity contribution is 5.68. The van der Waals surface area contributed by atoms with Crippen molar-refractivity contribution in [2.24, 2.45) is 0 Å². The number of carbonyl (C=O) groups excluding carboxylic acids is 1. The van der Waals surface area contributed by atoms with E-state index in [4.69, 9.17) is 9.47 Å². The van der Waals surface area contributed by atoms with Crippen molar-refractivity contribution < 1.29 is 14.3 Å². The Balaban J connectivity index is 2.10. The summed E-state index contributed by atoms with van der Waals surface area (Å²) in [7, 11) is 1.72. The molecule has 0 bridgehead atoms. The van der Waals surface area contributed by atoms with Crippen molar-refractivity contribution in [2.75, 3.05) is 38.2 Å². The molecule has 0 aliphatic carbocycles. The Labute approximate surface area is 158 Å². The number of nitrogens with zero attached hydrogens (tertiary/aromatic N) is 2. The first-order chi connectivity index (χ1) is 12.0. The van der Waals surface area contributed by atoms with Crippen molar-refractivity contribution in [3.63, 3.8) is 0 Å². The first kappa shape index (κ1) is 20.4. The average Bonchev–Trinajstić information content (AvgIpc) is 2.78. The molecule has 1 heterocycles. The molecule has 1 aliphatic rings. The van der Waals surface area contributed by atoms with Gasteiger partial charge in [0.1, 0.15) is 11.4 Å². The van der Waals surface area contributed by atoms with Crippen LogP contribution in [0.5, 0.6) is 5.75 Å². The van der Waals surface area contributed by atoms with Gasteiger partial charge in [0, 0.05) is 37.9 Å². The van der Waals surface area contributed by atoms with E-state index in [1.807, 2.05) is 25.7 Å². The second-order valence-corrected chi connectivity index (χ2v) is 8.94. The Morgan fingerprint density at radius 1 is 1.00 bits per heavy atom. The predicted octanol–water partition coefficient (Wildman–Crippen LogP) is 4.44. The lowest BCUT2D eigenvalue weighted by Crippen LogP contribution is -2.39. The number of carbonyl (C=O) groups is 1. The molecule has 1 aromatic rings. The molecule has 0 radical (unpaired) electrons. The van der Waals surface area contributed by atoms with Crippen LogP contribution in [0.3, 0.4) is 0 Å². The zero-order valence-corrected chi connectivity index (χ0v) is 17.4. The number of benzene rings is 1. The quantitative estimate of drug-likeness (QED) is 0.780. The van der Waals surface area contributed by atoms with E-state index in [1.165, 1.54) is 5.56 Å². The standard InChI is InChI=1S/C21H34N2O3/c1-20(2,3)17-10-9-16(15-18(17)25-7)22-11-8-12-23(14-13-22)19(24)26-21(4,5)6/h9-10,15H,8,11-14H2,1-7H3. The Hall–Kier alpha value is -1.91. The van der Waals surface area contributed by atoms with Gasteiger partial charge < -0.3 is 19.3 Å². The number of rotatable bonds is 2. The fourth-order valence-corrected chi connectivity index (χ4v) is 3.18. The van der Waals surface area contributed by atoms with Crippen LogP contribution in [0.2, 0.25) is 0 Å². The molecule has 0 unspecified atom stereocenters. The van der Waals surface area contributed by atoms with Crippen LogP contribution in [-0.4, -0.2) is 49.9 Å². The van der Waals surface area contributed by atoms with Crippen molar-refractivity contribution in [3.8, 4) is 5.75 Å². The van der Waals surface area contributed by atoms with Gasteiger partial charge in [-0.2, -0.15) is 0 Å². The highest BCUT2D eigenvalue weighted by Gasteiger charge is 2.25. The van der Waals surface area contributed by atoms with Gasteiger partial charge in [0.05, 0.1) is 7.11 Å².